The Labute approximate surface area is 196 Å². The van der Waals surface area contributed by atoms with Gasteiger partial charge in [-0.1, -0.05) is 54.6 Å². The fourth-order valence-electron chi connectivity index (χ4n) is 3.48. The molecule has 0 aromatic heterocycles. The minimum Gasteiger partial charge on any atom is -0.495 e. The summed E-state index contributed by atoms with van der Waals surface area (Å²) in [5.41, 5.74) is 1.15. The second-order valence-electron chi connectivity index (χ2n) is 7.51. The molecule has 0 atom stereocenters. The Morgan fingerprint density at radius 1 is 0.853 bits per heavy atom. The number of carbonyl (C=O) groups excluding carboxylic acids is 2. The van der Waals surface area contributed by atoms with Crippen LogP contribution >= 0.6 is 0 Å². The average molecular weight is 458 g/mol. The van der Waals surface area contributed by atoms with Gasteiger partial charge in [0.2, 0.25) is 0 Å². The third kappa shape index (κ3) is 5.32. The summed E-state index contributed by atoms with van der Waals surface area (Å²) in [6.07, 6.45) is 0. The normalized spacial score (nSPS) is 10.5. The van der Waals surface area contributed by atoms with Crippen molar-refractivity contribution in [3.63, 3.8) is 0 Å². The Hall–Kier alpha value is -4.39. The van der Waals surface area contributed by atoms with Crippen LogP contribution in [0.15, 0.2) is 84.9 Å². The molecule has 34 heavy (non-hydrogen) atoms. The number of hydrogen-bond acceptors (Lipinski definition) is 4. The number of para-hydroxylation sites is 2. The number of nitrogens with one attached hydrogen (secondary N) is 2. The predicted molar refractivity (Wildman–Crippen MR) is 129 cm³/mol. The van der Waals surface area contributed by atoms with Gasteiger partial charge < -0.3 is 20.1 Å². The number of carbonyl (C=O) groups is 2. The SMILES string of the molecule is COc1ccccc1NC(=O)c1cc2ccccc2cc1OCC(=O)NCc1ccccc1F. The Bertz CT molecular complexity index is 1340. The van der Waals surface area contributed by atoms with Crippen LogP contribution in [0.5, 0.6) is 11.5 Å². The number of anilines is 1. The maximum Gasteiger partial charge on any atom is 0.259 e. The van der Waals surface area contributed by atoms with Crippen LogP contribution in [0.2, 0.25) is 0 Å². The van der Waals surface area contributed by atoms with Crippen molar-refractivity contribution in [2.45, 2.75) is 6.54 Å². The first-order valence-electron chi connectivity index (χ1n) is 10.6. The van der Waals surface area contributed by atoms with Gasteiger partial charge in [0.05, 0.1) is 18.4 Å². The second kappa shape index (κ2) is 10.5. The lowest BCUT2D eigenvalue weighted by atomic mass is 10.1. The number of amides is 2. The Kier molecular flexibility index (Phi) is 7.03. The van der Waals surface area contributed by atoms with E-state index in [9.17, 15) is 14.0 Å². The summed E-state index contributed by atoms with van der Waals surface area (Å²) in [6.45, 7) is -0.296. The molecule has 4 aromatic rings. The molecule has 0 saturated heterocycles. The molecule has 7 heteroatoms. The molecule has 2 amide bonds. The number of methoxy groups -OCH3 is 1. The number of ether oxygens (including phenoxy) is 2. The van der Waals surface area contributed by atoms with E-state index in [2.05, 4.69) is 10.6 Å². The highest BCUT2D eigenvalue weighted by molar-refractivity contribution is 6.09. The van der Waals surface area contributed by atoms with Gasteiger partial charge in [-0.3, -0.25) is 9.59 Å². The number of benzene rings is 4. The zero-order valence-electron chi connectivity index (χ0n) is 18.5. The van der Waals surface area contributed by atoms with E-state index in [1.807, 2.05) is 24.3 Å². The summed E-state index contributed by atoms with van der Waals surface area (Å²) in [5.74, 6) is -0.461. The number of hydrogen-bond donors (Lipinski definition) is 2. The van der Waals surface area contributed by atoms with Crippen LogP contribution in [0.25, 0.3) is 10.8 Å². The zero-order chi connectivity index (χ0) is 23.9. The molecule has 4 aromatic carbocycles. The average Bonchev–Trinajstić information content (AvgIpc) is 2.86. The molecule has 2 N–H and O–H groups in total. The summed E-state index contributed by atoms with van der Waals surface area (Å²) < 4.78 is 24.8. The third-order valence-electron chi connectivity index (χ3n) is 5.24. The molecular formula is C27H23FN2O4. The van der Waals surface area contributed by atoms with Crippen molar-refractivity contribution >= 4 is 28.3 Å². The van der Waals surface area contributed by atoms with E-state index >= 15 is 0 Å². The van der Waals surface area contributed by atoms with Crippen LogP contribution in [-0.4, -0.2) is 25.5 Å². The molecule has 0 aliphatic rings. The van der Waals surface area contributed by atoms with E-state index in [1.165, 1.54) is 13.2 Å². The van der Waals surface area contributed by atoms with Crippen LogP contribution in [0, 0.1) is 5.82 Å². The van der Waals surface area contributed by atoms with E-state index in [1.54, 1.807) is 54.6 Å². The minimum absolute atomic E-state index is 0.0354. The monoisotopic (exact) mass is 458 g/mol. The van der Waals surface area contributed by atoms with Gasteiger partial charge in [0.25, 0.3) is 11.8 Å². The molecule has 4 rings (SSSR count). The summed E-state index contributed by atoms with van der Waals surface area (Å²) in [6, 6.07) is 24.2. The van der Waals surface area contributed by atoms with Crippen molar-refractivity contribution in [2.75, 3.05) is 19.0 Å². The van der Waals surface area contributed by atoms with Crippen molar-refractivity contribution in [3.05, 3.63) is 102 Å². The molecule has 0 spiro atoms. The quantitative estimate of drug-likeness (QED) is 0.392. The number of rotatable bonds is 8. The third-order valence-corrected chi connectivity index (χ3v) is 5.24. The summed E-state index contributed by atoms with van der Waals surface area (Å²) >= 11 is 0. The van der Waals surface area contributed by atoms with Crippen LogP contribution < -0.4 is 20.1 Å². The van der Waals surface area contributed by atoms with Crippen molar-refractivity contribution in [3.8, 4) is 11.5 Å². The molecule has 0 unspecified atom stereocenters. The second-order valence-corrected chi connectivity index (χ2v) is 7.51. The zero-order valence-corrected chi connectivity index (χ0v) is 18.5. The first kappa shape index (κ1) is 22.8. The molecule has 0 saturated carbocycles. The Balaban J connectivity index is 1.52. The van der Waals surface area contributed by atoms with Gasteiger partial charge in [-0.2, -0.15) is 0 Å². The topological polar surface area (TPSA) is 76.7 Å². The molecule has 172 valence electrons. The van der Waals surface area contributed by atoms with Gasteiger partial charge in [-0.15, -0.1) is 0 Å². The van der Waals surface area contributed by atoms with Gasteiger partial charge >= 0.3 is 0 Å². The predicted octanol–water partition coefficient (Wildman–Crippen LogP) is 4.94. The van der Waals surface area contributed by atoms with E-state index in [-0.39, 0.29) is 24.5 Å². The molecule has 0 aliphatic heterocycles. The summed E-state index contributed by atoms with van der Waals surface area (Å²) in [7, 11) is 1.52. The fourth-order valence-corrected chi connectivity index (χ4v) is 3.48. The first-order chi connectivity index (χ1) is 16.5. The Morgan fingerprint density at radius 2 is 1.53 bits per heavy atom. The summed E-state index contributed by atoms with van der Waals surface area (Å²) in [4.78, 5) is 25.5. The van der Waals surface area contributed by atoms with Crippen molar-refractivity contribution in [1.82, 2.24) is 5.32 Å². The van der Waals surface area contributed by atoms with Crippen LogP contribution in [0.4, 0.5) is 10.1 Å². The highest BCUT2D eigenvalue weighted by atomic mass is 19.1. The lowest BCUT2D eigenvalue weighted by Gasteiger charge is -2.15. The minimum atomic E-state index is -0.438. The van der Waals surface area contributed by atoms with Crippen LogP contribution in [0.1, 0.15) is 15.9 Å². The molecule has 0 aliphatic carbocycles. The molecule has 6 nitrogen and oxygen atoms in total. The highest BCUT2D eigenvalue weighted by Gasteiger charge is 2.17. The largest absolute Gasteiger partial charge is 0.495 e. The number of fused-ring (bicyclic) bond motifs is 1. The summed E-state index contributed by atoms with van der Waals surface area (Å²) in [5, 5.41) is 7.18. The van der Waals surface area contributed by atoms with Gasteiger partial charge in [-0.05, 0) is 41.1 Å². The molecule has 0 bridgehead atoms. The molecule has 0 fully saturated rings. The van der Waals surface area contributed by atoms with Gasteiger partial charge in [0.15, 0.2) is 6.61 Å². The van der Waals surface area contributed by atoms with Gasteiger partial charge in [0, 0.05) is 12.1 Å². The van der Waals surface area contributed by atoms with Gasteiger partial charge in [-0.25, -0.2) is 4.39 Å². The van der Waals surface area contributed by atoms with Gasteiger partial charge in [0.1, 0.15) is 17.3 Å². The lowest BCUT2D eigenvalue weighted by molar-refractivity contribution is -0.123. The standard InChI is InChI=1S/C27H23FN2O4/c1-33-24-13-7-6-12-23(24)30-27(32)21-14-18-8-2-3-9-19(18)15-25(21)34-17-26(31)29-16-20-10-4-5-11-22(20)28/h2-15H,16-17H2,1H3,(H,29,31)(H,30,32). The van der Waals surface area contributed by atoms with E-state index in [0.29, 0.717) is 17.0 Å². The van der Waals surface area contributed by atoms with Crippen LogP contribution in [-0.2, 0) is 11.3 Å². The molecule has 0 heterocycles. The van der Waals surface area contributed by atoms with Crippen molar-refractivity contribution in [1.29, 1.82) is 0 Å². The van der Waals surface area contributed by atoms with E-state index in [4.69, 9.17) is 9.47 Å². The molecular weight excluding hydrogens is 435 g/mol. The maximum absolute atomic E-state index is 13.8. The molecule has 0 radical (unpaired) electrons. The first-order valence-corrected chi connectivity index (χ1v) is 10.6. The van der Waals surface area contributed by atoms with Crippen molar-refractivity contribution < 1.29 is 23.5 Å². The lowest BCUT2D eigenvalue weighted by Crippen LogP contribution is -2.29. The smallest absolute Gasteiger partial charge is 0.259 e. The van der Waals surface area contributed by atoms with Crippen molar-refractivity contribution in [2.24, 2.45) is 0 Å². The van der Waals surface area contributed by atoms with Crippen LogP contribution in [0.3, 0.4) is 0 Å². The maximum atomic E-state index is 13.8. The fraction of sp³-hybridized carbons (Fsp3) is 0.111. The Morgan fingerprint density at radius 3 is 2.29 bits per heavy atom. The highest BCUT2D eigenvalue weighted by Crippen LogP contribution is 2.29. The number of halogens is 1. The van der Waals surface area contributed by atoms with E-state index < -0.39 is 17.6 Å². The van der Waals surface area contributed by atoms with E-state index in [0.717, 1.165) is 10.8 Å².